The third-order valence-electron chi connectivity index (χ3n) is 3.53. The van der Waals surface area contributed by atoms with Crippen LogP contribution in [0.5, 0.6) is 0 Å². The van der Waals surface area contributed by atoms with E-state index in [1.807, 2.05) is 0 Å². The minimum Gasteiger partial charge on any atom is -0.480 e. The summed E-state index contributed by atoms with van der Waals surface area (Å²) >= 11 is 0. The van der Waals surface area contributed by atoms with Crippen LogP contribution in [0.15, 0.2) is 0 Å². The van der Waals surface area contributed by atoms with Gasteiger partial charge < -0.3 is 19.6 Å². The van der Waals surface area contributed by atoms with E-state index in [1.54, 1.807) is 4.90 Å². The van der Waals surface area contributed by atoms with Crippen LogP contribution in [-0.2, 0) is 19.1 Å². The molecule has 0 atom stereocenters. The van der Waals surface area contributed by atoms with Crippen molar-refractivity contribution in [3.8, 4) is 0 Å². The predicted octanol–water partition coefficient (Wildman–Crippen LogP) is -1.22. The number of aliphatic carboxylic acids is 1. The van der Waals surface area contributed by atoms with Crippen LogP contribution in [0.4, 0.5) is 0 Å². The zero-order chi connectivity index (χ0) is 13.3. The van der Waals surface area contributed by atoms with E-state index in [2.05, 4.69) is 0 Å². The van der Waals surface area contributed by atoms with E-state index in [-0.39, 0.29) is 19.1 Å². The number of hydrogen-bond donors (Lipinski definition) is 1. The van der Waals surface area contributed by atoms with Gasteiger partial charge in [-0.1, -0.05) is 0 Å². The highest BCUT2D eigenvalue weighted by Gasteiger charge is 2.55. The largest absolute Gasteiger partial charge is 0.480 e. The van der Waals surface area contributed by atoms with Crippen molar-refractivity contribution in [2.24, 2.45) is 5.41 Å². The van der Waals surface area contributed by atoms with Crippen molar-refractivity contribution in [2.75, 3.05) is 39.4 Å². The summed E-state index contributed by atoms with van der Waals surface area (Å²) in [7, 11) is 0. The molecule has 0 spiro atoms. The van der Waals surface area contributed by atoms with Gasteiger partial charge in [0, 0.05) is 33.1 Å². The molecule has 0 aromatic carbocycles. The third kappa shape index (κ3) is 1.94. The van der Waals surface area contributed by atoms with Gasteiger partial charge in [0.25, 0.3) is 0 Å². The number of piperazine rings is 1. The van der Waals surface area contributed by atoms with Gasteiger partial charge in [-0.2, -0.15) is 0 Å². The molecule has 2 heterocycles. The zero-order valence-corrected chi connectivity index (χ0v) is 10.2. The van der Waals surface area contributed by atoms with Gasteiger partial charge in [-0.05, 0) is 0 Å². The monoisotopic (exact) mass is 256 g/mol. The lowest BCUT2D eigenvalue weighted by molar-refractivity contribution is -0.192. The Hall–Kier alpha value is -1.63. The maximum absolute atomic E-state index is 12.2. The number of rotatable bonds is 2. The van der Waals surface area contributed by atoms with Crippen LogP contribution in [0.1, 0.15) is 6.92 Å². The van der Waals surface area contributed by atoms with Crippen molar-refractivity contribution in [3.05, 3.63) is 0 Å². The molecule has 0 unspecified atom stereocenters. The second-order valence-corrected chi connectivity index (χ2v) is 4.68. The van der Waals surface area contributed by atoms with Gasteiger partial charge in [-0.15, -0.1) is 0 Å². The molecule has 100 valence electrons. The number of carbonyl (C=O) groups excluding carboxylic acids is 2. The highest BCUT2D eigenvalue weighted by molar-refractivity contribution is 6.03. The smallest absolute Gasteiger partial charge is 0.324 e. The summed E-state index contributed by atoms with van der Waals surface area (Å²) in [6.45, 7) is 3.04. The van der Waals surface area contributed by atoms with Crippen LogP contribution in [0.25, 0.3) is 0 Å². The SMILES string of the molecule is CC(=O)N1CCN(C(=O)C2(C(=O)O)COC2)CC1. The first kappa shape index (κ1) is 12.8. The molecule has 1 N–H and O–H groups in total. The van der Waals surface area contributed by atoms with Crippen LogP contribution in [0, 0.1) is 5.41 Å². The van der Waals surface area contributed by atoms with Gasteiger partial charge in [0.15, 0.2) is 5.41 Å². The van der Waals surface area contributed by atoms with Crippen LogP contribution in [0.3, 0.4) is 0 Å². The van der Waals surface area contributed by atoms with Gasteiger partial charge in [0.2, 0.25) is 11.8 Å². The van der Waals surface area contributed by atoms with Gasteiger partial charge in [0.1, 0.15) is 0 Å². The molecule has 0 radical (unpaired) electrons. The van der Waals surface area contributed by atoms with Gasteiger partial charge >= 0.3 is 5.97 Å². The Morgan fingerprint density at radius 3 is 1.89 bits per heavy atom. The van der Waals surface area contributed by atoms with Crippen molar-refractivity contribution in [2.45, 2.75) is 6.92 Å². The number of ether oxygens (including phenoxy) is 1. The fraction of sp³-hybridized carbons (Fsp3) is 0.727. The topological polar surface area (TPSA) is 87.2 Å². The Balaban J connectivity index is 1.99. The van der Waals surface area contributed by atoms with E-state index in [4.69, 9.17) is 9.84 Å². The minimum atomic E-state index is -1.40. The molecule has 2 aliphatic rings. The highest BCUT2D eigenvalue weighted by Crippen LogP contribution is 2.30. The van der Waals surface area contributed by atoms with Crippen molar-refractivity contribution in [1.29, 1.82) is 0 Å². The molecule has 18 heavy (non-hydrogen) atoms. The molecule has 2 saturated heterocycles. The van der Waals surface area contributed by atoms with E-state index in [9.17, 15) is 14.4 Å². The number of amides is 2. The van der Waals surface area contributed by atoms with Crippen LogP contribution >= 0.6 is 0 Å². The molecule has 0 aromatic rings. The number of carbonyl (C=O) groups is 3. The Morgan fingerprint density at radius 2 is 1.56 bits per heavy atom. The number of carboxylic acid groups (broad SMARTS) is 1. The van der Waals surface area contributed by atoms with Crippen molar-refractivity contribution in [3.63, 3.8) is 0 Å². The van der Waals surface area contributed by atoms with Crippen molar-refractivity contribution >= 4 is 17.8 Å². The highest BCUT2D eigenvalue weighted by atomic mass is 16.5. The van der Waals surface area contributed by atoms with Gasteiger partial charge in [-0.3, -0.25) is 14.4 Å². The normalized spacial score (nSPS) is 22.3. The first-order chi connectivity index (χ1) is 8.47. The molecule has 2 fully saturated rings. The van der Waals surface area contributed by atoms with Crippen LogP contribution < -0.4 is 0 Å². The first-order valence-electron chi connectivity index (χ1n) is 5.83. The Kier molecular flexibility index (Phi) is 3.25. The van der Waals surface area contributed by atoms with Crippen molar-refractivity contribution in [1.82, 2.24) is 9.80 Å². The molecule has 2 amide bonds. The molecule has 0 bridgehead atoms. The summed E-state index contributed by atoms with van der Waals surface area (Å²) < 4.78 is 4.88. The maximum atomic E-state index is 12.2. The van der Waals surface area contributed by atoms with E-state index >= 15 is 0 Å². The summed E-state index contributed by atoms with van der Waals surface area (Å²) in [5.74, 6) is -1.56. The molecular weight excluding hydrogens is 240 g/mol. The number of nitrogens with zero attached hydrogens (tertiary/aromatic N) is 2. The van der Waals surface area contributed by atoms with Gasteiger partial charge in [-0.25, -0.2) is 0 Å². The van der Waals surface area contributed by atoms with E-state index in [0.717, 1.165) is 0 Å². The fourth-order valence-electron chi connectivity index (χ4n) is 2.17. The average Bonchev–Trinajstić information content (AvgIpc) is 2.27. The summed E-state index contributed by atoms with van der Waals surface area (Å²) in [5.41, 5.74) is -1.40. The maximum Gasteiger partial charge on any atom is 0.324 e. The zero-order valence-electron chi connectivity index (χ0n) is 10.2. The molecule has 2 aliphatic heterocycles. The molecule has 0 aliphatic carbocycles. The van der Waals surface area contributed by atoms with Gasteiger partial charge in [0.05, 0.1) is 13.2 Å². The molecule has 2 rings (SSSR count). The van der Waals surface area contributed by atoms with Crippen LogP contribution in [-0.4, -0.2) is 72.1 Å². The molecule has 7 heteroatoms. The molecular formula is C11H16N2O5. The number of hydrogen-bond acceptors (Lipinski definition) is 4. The predicted molar refractivity (Wildman–Crippen MR) is 59.7 cm³/mol. The lowest BCUT2D eigenvalue weighted by Crippen LogP contribution is -2.62. The minimum absolute atomic E-state index is 0.0259. The summed E-state index contributed by atoms with van der Waals surface area (Å²) in [6.07, 6.45) is 0. The Labute approximate surface area is 104 Å². The summed E-state index contributed by atoms with van der Waals surface area (Å²) in [4.78, 5) is 37.7. The summed E-state index contributed by atoms with van der Waals surface area (Å²) in [6, 6.07) is 0. The fourth-order valence-corrected chi connectivity index (χ4v) is 2.17. The lowest BCUT2D eigenvalue weighted by atomic mass is 9.84. The van der Waals surface area contributed by atoms with E-state index in [0.29, 0.717) is 26.2 Å². The lowest BCUT2D eigenvalue weighted by Gasteiger charge is -2.42. The standard InChI is InChI=1S/C11H16N2O5/c1-8(14)12-2-4-13(5-3-12)9(15)11(10(16)17)6-18-7-11/h2-7H2,1H3,(H,16,17). The second-order valence-electron chi connectivity index (χ2n) is 4.68. The Morgan fingerprint density at radius 1 is 1.06 bits per heavy atom. The molecule has 0 saturated carbocycles. The average molecular weight is 256 g/mol. The Bertz CT molecular complexity index is 383. The van der Waals surface area contributed by atoms with Crippen LogP contribution in [0.2, 0.25) is 0 Å². The molecule has 7 nitrogen and oxygen atoms in total. The third-order valence-corrected chi connectivity index (χ3v) is 3.53. The first-order valence-corrected chi connectivity index (χ1v) is 5.83. The van der Waals surface area contributed by atoms with E-state index < -0.39 is 17.3 Å². The van der Waals surface area contributed by atoms with Crippen molar-refractivity contribution < 1.29 is 24.2 Å². The van der Waals surface area contributed by atoms with E-state index in [1.165, 1.54) is 11.8 Å². The second kappa shape index (κ2) is 4.56. The molecule has 0 aromatic heterocycles. The quantitative estimate of drug-likeness (QED) is 0.626. The summed E-state index contributed by atoms with van der Waals surface area (Å²) in [5, 5.41) is 9.13. The number of carboxylic acids is 1.